The van der Waals surface area contributed by atoms with Crippen LogP contribution in [-0.4, -0.2) is 106 Å². The van der Waals surface area contributed by atoms with Crippen LogP contribution in [0.2, 0.25) is 0 Å². The van der Waals surface area contributed by atoms with Crippen LogP contribution in [0.3, 0.4) is 0 Å². The SMILES string of the molecule is C[C@]12C=CC(=O)C=C1CC[C@@H]1[C@@H]2CC[C@]2(C)OC(=O)CC[C@@H]12.Nc1nc(=S)c2[nH]cnc2[nH]1.S=P(N1CC1)(N1CC1)N1CC1.c1ccsc1.c1ncc2ncsc2n1. The molecular formula is C39H48N11O3PS4. The number of fused-ring (bicyclic) bond motifs is 7. The number of aromatic nitrogens is 7. The van der Waals surface area contributed by atoms with Crippen LogP contribution in [0.25, 0.3) is 21.5 Å². The van der Waals surface area contributed by atoms with Gasteiger partial charge in [0.15, 0.2) is 16.1 Å². The van der Waals surface area contributed by atoms with Crippen molar-refractivity contribution in [3.8, 4) is 0 Å². The van der Waals surface area contributed by atoms with E-state index in [4.69, 9.17) is 34.5 Å². The molecule has 306 valence electrons. The van der Waals surface area contributed by atoms with Gasteiger partial charge in [-0.15, -0.1) is 11.3 Å². The number of nitrogens with one attached hydrogen (secondary N) is 2. The number of hydrogen-bond donors (Lipinski definition) is 3. The van der Waals surface area contributed by atoms with E-state index in [1.165, 1.54) is 68.8 Å². The lowest BCUT2D eigenvalue weighted by Gasteiger charge is -2.58. The number of thiazole rings is 1. The maximum atomic E-state index is 11.7. The molecule has 5 atom stereocenters. The average Bonchev–Trinajstić information content (AvgIpc) is 4.19. The van der Waals surface area contributed by atoms with Gasteiger partial charge in [-0.25, -0.2) is 38.9 Å². The first-order valence-corrected chi connectivity index (χ1v) is 24.5. The summed E-state index contributed by atoms with van der Waals surface area (Å²) in [6.45, 7) is 10.7. The Morgan fingerprint density at radius 1 is 0.966 bits per heavy atom. The zero-order chi connectivity index (χ0) is 40.5. The summed E-state index contributed by atoms with van der Waals surface area (Å²) >= 11 is 13.9. The smallest absolute Gasteiger partial charge is 0.306 e. The summed E-state index contributed by atoms with van der Waals surface area (Å²) in [7, 11) is 0. The molecule has 9 heterocycles. The van der Waals surface area contributed by atoms with Crippen LogP contribution in [0.15, 0.2) is 71.1 Å². The van der Waals surface area contributed by atoms with Crippen molar-refractivity contribution in [3.63, 3.8) is 0 Å². The Bertz CT molecular complexity index is 2340. The van der Waals surface area contributed by atoms with E-state index in [0.29, 0.717) is 40.0 Å². The molecule has 0 bridgehead atoms. The number of rotatable bonds is 3. The highest BCUT2D eigenvalue weighted by Gasteiger charge is 2.57. The molecule has 4 aliphatic heterocycles. The fourth-order valence-corrected chi connectivity index (χ4v) is 14.6. The predicted molar refractivity (Wildman–Crippen MR) is 235 cm³/mol. The van der Waals surface area contributed by atoms with E-state index in [0.717, 1.165) is 42.5 Å². The molecule has 0 amide bonds. The summed E-state index contributed by atoms with van der Waals surface area (Å²) in [5, 5.41) is 4.08. The normalized spacial score (nSPS) is 28.2. The number of carbonyl (C=O) groups is 2. The van der Waals surface area contributed by atoms with Crippen molar-refractivity contribution in [2.24, 2.45) is 23.2 Å². The standard InChI is InChI=1S/C19H24O3.C6H12N3PS.C5H5N5S.C5H3N3S.C4H4S/c1-18-9-7-13(20)11-12(18)3-4-14-15(18)8-10-19(2)16(14)5-6-17(21)22-19;11-10(7-1-2-7,8-3-4-8)9-5-6-9;6-5-9-3-2(4(11)10-5)7-1-8-3;1-4-5(7-2-6-1)9-3-8-4;1-2-4-5-3-1/h7,9,11,14-16H,3-6,8,10H2,1-2H3;1-6H2;1H,(H4,6,7,8,9,10,11);1-3H;1-4H/t14-,15+,16+,18+,19+;;;;/m1..../s1. The highest BCUT2D eigenvalue weighted by Crippen LogP contribution is 2.65. The molecule has 0 radical (unpaired) electrons. The number of nitrogens with two attached hydrogens (primary N) is 1. The Hall–Kier alpha value is -3.61. The van der Waals surface area contributed by atoms with Crippen molar-refractivity contribution in [2.75, 3.05) is 45.0 Å². The summed E-state index contributed by atoms with van der Waals surface area (Å²) in [4.78, 5) is 49.6. The number of thiophene rings is 1. The highest BCUT2D eigenvalue weighted by molar-refractivity contribution is 8.11. The number of ketones is 1. The fourth-order valence-electron chi connectivity index (χ4n) is 8.88. The van der Waals surface area contributed by atoms with Crippen LogP contribution in [0.4, 0.5) is 5.95 Å². The summed E-state index contributed by atoms with van der Waals surface area (Å²) in [6, 6.07) is 4.04. The number of allylic oxidation sites excluding steroid dienone is 4. The lowest BCUT2D eigenvalue weighted by Crippen LogP contribution is -2.56. The van der Waals surface area contributed by atoms with Crippen LogP contribution in [0.1, 0.15) is 52.4 Å². The van der Waals surface area contributed by atoms with Crippen molar-refractivity contribution in [2.45, 2.75) is 58.0 Å². The molecule has 2 saturated carbocycles. The molecule has 0 aromatic carbocycles. The largest absolute Gasteiger partial charge is 0.459 e. The van der Waals surface area contributed by atoms with Gasteiger partial charge in [-0.2, -0.15) is 11.3 Å². The number of aromatic amines is 2. The number of nitrogen functional groups attached to an aromatic ring is 1. The third kappa shape index (κ3) is 8.94. The molecule has 3 aliphatic carbocycles. The van der Waals surface area contributed by atoms with Gasteiger partial charge in [-0.05, 0) is 85.6 Å². The molecule has 4 N–H and O–H groups in total. The number of ether oxygens (including phenoxy) is 1. The van der Waals surface area contributed by atoms with E-state index < -0.39 is 6.49 Å². The number of anilines is 1. The van der Waals surface area contributed by atoms with Gasteiger partial charge in [-0.1, -0.05) is 42.9 Å². The van der Waals surface area contributed by atoms with E-state index in [-0.39, 0.29) is 28.7 Å². The maximum absolute atomic E-state index is 11.7. The number of esters is 1. The fraction of sp³-hybridized carbons (Fsp3) is 0.487. The molecule has 12 rings (SSSR count). The van der Waals surface area contributed by atoms with Gasteiger partial charge in [0.25, 0.3) is 0 Å². The summed E-state index contributed by atoms with van der Waals surface area (Å²) in [5.74, 6) is 2.06. The van der Waals surface area contributed by atoms with Crippen molar-refractivity contribution in [1.29, 1.82) is 0 Å². The van der Waals surface area contributed by atoms with Crippen molar-refractivity contribution in [1.82, 2.24) is 48.9 Å². The Kier molecular flexibility index (Phi) is 12.2. The first kappa shape index (κ1) is 41.1. The number of nitrogens with zero attached hydrogens (tertiary/aromatic N) is 8. The second kappa shape index (κ2) is 17.2. The lowest BCUT2D eigenvalue weighted by atomic mass is 9.49. The maximum Gasteiger partial charge on any atom is 0.306 e. The number of hydrogen-bond acceptors (Lipinski definition) is 13. The van der Waals surface area contributed by atoms with E-state index in [1.807, 2.05) is 29.0 Å². The van der Waals surface area contributed by atoms with Gasteiger partial charge in [0.2, 0.25) is 5.95 Å². The highest BCUT2D eigenvalue weighted by atomic mass is 32.4. The minimum atomic E-state index is -1.27. The van der Waals surface area contributed by atoms with Gasteiger partial charge in [-0.3, -0.25) is 9.59 Å². The molecule has 7 aliphatic rings. The van der Waals surface area contributed by atoms with Crippen LogP contribution >= 0.6 is 41.4 Å². The summed E-state index contributed by atoms with van der Waals surface area (Å²) in [6.07, 6.45) is 16.2. The third-order valence-electron chi connectivity index (χ3n) is 12.0. The van der Waals surface area contributed by atoms with Gasteiger partial charge < -0.3 is 20.4 Å². The van der Waals surface area contributed by atoms with Crippen molar-refractivity contribution >= 4 is 92.4 Å². The topological polar surface area (TPSA) is 174 Å². The molecule has 14 nitrogen and oxygen atoms in total. The monoisotopic (exact) mass is 877 g/mol. The quantitative estimate of drug-likeness (QED) is 0.0720. The zero-order valence-electron chi connectivity index (χ0n) is 32.5. The van der Waals surface area contributed by atoms with Gasteiger partial charge in [0.05, 0.1) is 18.0 Å². The van der Waals surface area contributed by atoms with E-state index >= 15 is 0 Å². The van der Waals surface area contributed by atoms with Crippen LogP contribution in [-0.2, 0) is 26.1 Å². The molecule has 58 heavy (non-hydrogen) atoms. The van der Waals surface area contributed by atoms with E-state index in [9.17, 15) is 9.59 Å². The predicted octanol–water partition coefficient (Wildman–Crippen LogP) is 7.18. The van der Waals surface area contributed by atoms with Crippen molar-refractivity contribution < 1.29 is 14.3 Å². The molecule has 19 heteroatoms. The van der Waals surface area contributed by atoms with Gasteiger partial charge in [0, 0.05) is 57.0 Å². The molecule has 0 unspecified atom stereocenters. The Balaban J connectivity index is 0.000000110. The first-order chi connectivity index (χ1) is 28.0. The molecule has 5 aromatic heterocycles. The lowest BCUT2D eigenvalue weighted by molar-refractivity contribution is -0.192. The zero-order valence-corrected chi connectivity index (χ0v) is 36.7. The minimum Gasteiger partial charge on any atom is -0.459 e. The molecule has 6 fully saturated rings. The Morgan fingerprint density at radius 3 is 2.34 bits per heavy atom. The Morgan fingerprint density at radius 2 is 1.69 bits per heavy atom. The van der Waals surface area contributed by atoms with Gasteiger partial charge in [0.1, 0.15) is 34.3 Å². The second-order valence-corrected chi connectivity index (χ2v) is 22.0. The van der Waals surface area contributed by atoms with E-state index in [1.54, 1.807) is 29.1 Å². The number of carbonyl (C=O) groups excluding carboxylic acids is 2. The summed E-state index contributed by atoms with van der Waals surface area (Å²) < 4.78 is 13.7. The van der Waals surface area contributed by atoms with E-state index in [2.05, 4.69) is 68.8 Å². The second-order valence-electron chi connectivity index (χ2n) is 15.8. The Labute approximate surface area is 355 Å². The first-order valence-electron chi connectivity index (χ1n) is 19.7. The molecule has 5 aromatic rings. The van der Waals surface area contributed by atoms with Gasteiger partial charge >= 0.3 is 5.97 Å². The van der Waals surface area contributed by atoms with Crippen LogP contribution < -0.4 is 5.73 Å². The molecular weight excluding hydrogens is 830 g/mol. The van der Waals surface area contributed by atoms with Crippen LogP contribution in [0, 0.1) is 27.8 Å². The average molecular weight is 878 g/mol. The van der Waals surface area contributed by atoms with Crippen molar-refractivity contribution in [3.05, 3.63) is 75.7 Å². The molecule has 0 spiro atoms. The molecule has 4 saturated heterocycles. The third-order valence-corrected chi connectivity index (χ3v) is 19.2. The van der Waals surface area contributed by atoms with Crippen LogP contribution in [0.5, 0.6) is 0 Å². The minimum absolute atomic E-state index is 0.0250. The number of imidazole rings is 1. The summed E-state index contributed by atoms with van der Waals surface area (Å²) in [5.41, 5.74) is 10.5. The number of H-pyrrole nitrogens is 2.